The van der Waals surface area contributed by atoms with E-state index in [1.54, 1.807) is 24.3 Å². The van der Waals surface area contributed by atoms with Crippen molar-refractivity contribution in [3.8, 4) is 11.8 Å². The smallest absolute Gasteiger partial charge is 0.311 e. The first-order valence-corrected chi connectivity index (χ1v) is 6.04. The van der Waals surface area contributed by atoms with Crippen LogP contribution < -0.4 is 4.74 Å². The lowest BCUT2D eigenvalue weighted by molar-refractivity contribution is -0.385. The second kappa shape index (κ2) is 6.04. The molecule has 20 heavy (non-hydrogen) atoms. The lowest BCUT2D eigenvalue weighted by Gasteiger charge is -2.07. The van der Waals surface area contributed by atoms with Gasteiger partial charge in [0.2, 0.25) is 0 Å². The Bertz CT molecular complexity index is 678. The van der Waals surface area contributed by atoms with E-state index in [4.69, 9.17) is 21.6 Å². The van der Waals surface area contributed by atoms with Gasteiger partial charge in [-0.05, 0) is 23.8 Å². The summed E-state index contributed by atoms with van der Waals surface area (Å²) in [5, 5.41) is 19.9. The highest BCUT2D eigenvalue weighted by molar-refractivity contribution is 6.30. The number of rotatable bonds is 4. The van der Waals surface area contributed by atoms with Gasteiger partial charge in [-0.3, -0.25) is 10.1 Å². The van der Waals surface area contributed by atoms with Crippen LogP contribution in [0.2, 0.25) is 5.02 Å². The predicted molar refractivity (Wildman–Crippen MR) is 73.6 cm³/mol. The van der Waals surface area contributed by atoms with E-state index < -0.39 is 4.92 Å². The van der Waals surface area contributed by atoms with E-state index in [1.807, 2.05) is 6.07 Å². The Balaban J connectivity index is 2.15. The van der Waals surface area contributed by atoms with Crippen molar-refractivity contribution in [2.75, 3.05) is 0 Å². The highest BCUT2D eigenvalue weighted by atomic mass is 35.5. The number of hydrogen-bond donors (Lipinski definition) is 0. The van der Waals surface area contributed by atoms with Crippen LogP contribution in [0.25, 0.3) is 0 Å². The zero-order valence-corrected chi connectivity index (χ0v) is 11.0. The second-order valence-corrected chi connectivity index (χ2v) is 4.40. The Morgan fingerprint density at radius 2 is 1.95 bits per heavy atom. The van der Waals surface area contributed by atoms with E-state index in [0.717, 1.165) is 5.56 Å². The van der Waals surface area contributed by atoms with Gasteiger partial charge in [0, 0.05) is 17.2 Å². The molecular weight excluding hydrogens is 280 g/mol. The Hall–Kier alpha value is -2.58. The van der Waals surface area contributed by atoms with Crippen LogP contribution >= 0.6 is 11.6 Å². The first-order chi connectivity index (χ1) is 9.60. The molecule has 0 saturated carbocycles. The molecule has 0 aromatic heterocycles. The average Bonchev–Trinajstić information content (AvgIpc) is 2.45. The van der Waals surface area contributed by atoms with Crippen molar-refractivity contribution in [1.82, 2.24) is 0 Å². The number of ether oxygens (including phenoxy) is 1. The predicted octanol–water partition coefficient (Wildman–Crippen LogP) is 3.70. The Morgan fingerprint density at radius 1 is 1.25 bits per heavy atom. The first-order valence-electron chi connectivity index (χ1n) is 5.66. The van der Waals surface area contributed by atoms with Crippen LogP contribution in [-0.2, 0) is 6.61 Å². The molecule has 0 amide bonds. The summed E-state index contributed by atoms with van der Waals surface area (Å²) in [6.07, 6.45) is 0. The fraction of sp³-hybridized carbons (Fsp3) is 0.0714. The molecule has 2 rings (SSSR count). The number of halogens is 1. The molecule has 2 aromatic carbocycles. The van der Waals surface area contributed by atoms with Crippen LogP contribution in [0.3, 0.4) is 0 Å². The van der Waals surface area contributed by atoms with Gasteiger partial charge >= 0.3 is 5.69 Å². The van der Waals surface area contributed by atoms with Crippen molar-refractivity contribution in [2.24, 2.45) is 0 Å². The average molecular weight is 289 g/mol. The fourth-order valence-corrected chi connectivity index (χ4v) is 1.75. The minimum Gasteiger partial charge on any atom is -0.482 e. The number of nitrogens with zero attached hydrogens (tertiary/aromatic N) is 2. The van der Waals surface area contributed by atoms with Crippen LogP contribution in [0, 0.1) is 21.4 Å². The van der Waals surface area contributed by atoms with E-state index >= 15 is 0 Å². The molecule has 6 heteroatoms. The van der Waals surface area contributed by atoms with E-state index in [2.05, 4.69) is 0 Å². The topological polar surface area (TPSA) is 76.2 Å². The highest BCUT2D eigenvalue weighted by Gasteiger charge is 2.15. The summed E-state index contributed by atoms with van der Waals surface area (Å²) >= 11 is 5.80. The van der Waals surface area contributed by atoms with Gasteiger partial charge in [-0.2, -0.15) is 5.26 Å². The third-order valence-electron chi connectivity index (χ3n) is 2.60. The molecular formula is C14H9ClN2O3. The summed E-state index contributed by atoms with van der Waals surface area (Å²) in [4.78, 5) is 10.4. The van der Waals surface area contributed by atoms with Gasteiger partial charge in [-0.25, -0.2) is 0 Å². The van der Waals surface area contributed by atoms with Crippen molar-refractivity contribution < 1.29 is 9.66 Å². The maximum Gasteiger partial charge on any atom is 0.311 e. The molecule has 0 aliphatic carbocycles. The molecule has 0 aliphatic heterocycles. The number of nitriles is 1. The van der Waals surface area contributed by atoms with Gasteiger partial charge in [0.25, 0.3) is 0 Å². The van der Waals surface area contributed by atoms with Crippen molar-refractivity contribution in [1.29, 1.82) is 5.26 Å². The molecule has 0 spiro atoms. The van der Waals surface area contributed by atoms with Gasteiger partial charge in [0.15, 0.2) is 5.75 Å². The normalized spacial score (nSPS) is 9.80. The molecule has 0 heterocycles. The molecule has 0 N–H and O–H groups in total. The molecule has 5 nitrogen and oxygen atoms in total. The standard InChI is InChI=1S/C14H9ClN2O3/c15-12-5-6-13(17(18)19)14(7-12)20-9-11-3-1-10(8-16)2-4-11/h1-7H,9H2. The zero-order valence-electron chi connectivity index (χ0n) is 10.2. The molecule has 0 aliphatic rings. The third kappa shape index (κ3) is 3.25. The Kier molecular flexibility index (Phi) is 4.18. The SMILES string of the molecule is N#Cc1ccc(COc2cc(Cl)ccc2[N+](=O)[O-])cc1. The van der Waals surface area contributed by atoms with Crippen LogP contribution in [0.5, 0.6) is 5.75 Å². The van der Waals surface area contributed by atoms with Crippen LogP contribution in [-0.4, -0.2) is 4.92 Å². The number of nitro groups is 1. The maximum atomic E-state index is 10.9. The van der Waals surface area contributed by atoms with Gasteiger partial charge in [0.1, 0.15) is 6.61 Å². The minimum absolute atomic E-state index is 0.117. The molecule has 0 radical (unpaired) electrons. The third-order valence-corrected chi connectivity index (χ3v) is 2.83. The van der Waals surface area contributed by atoms with Crippen LogP contribution in [0.1, 0.15) is 11.1 Å². The molecule has 2 aromatic rings. The zero-order chi connectivity index (χ0) is 14.5. The van der Waals surface area contributed by atoms with Crippen molar-refractivity contribution in [3.63, 3.8) is 0 Å². The van der Waals surface area contributed by atoms with Gasteiger partial charge in [-0.1, -0.05) is 23.7 Å². The van der Waals surface area contributed by atoms with E-state index in [9.17, 15) is 10.1 Å². The number of benzene rings is 2. The summed E-state index contributed by atoms with van der Waals surface area (Å²) in [7, 11) is 0. The molecule has 100 valence electrons. The summed E-state index contributed by atoms with van der Waals surface area (Å²) in [6.45, 7) is 0.160. The summed E-state index contributed by atoms with van der Waals surface area (Å²) < 4.78 is 5.43. The lowest BCUT2D eigenvalue weighted by atomic mass is 10.1. The van der Waals surface area contributed by atoms with Crippen molar-refractivity contribution in [3.05, 3.63) is 68.7 Å². The van der Waals surface area contributed by atoms with Crippen LogP contribution in [0.4, 0.5) is 5.69 Å². The summed E-state index contributed by atoms with van der Waals surface area (Å²) in [5.41, 5.74) is 1.21. The first kappa shape index (κ1) is 13.8. The molecule has 0 unspecified atom stereocenters. The molecule has 0 bridgehead atoms. The summed E-state index contributed by atoms with van der Waals surface area (Å²) in [6, 6.07) is 12.9. The molecule has 0 atom stereocenters. The van der Waals surface area contributed by atoms with Gasteiger partial charge in [-0.15, -0.1) is 0 Å². The maximum absolute atomic E-state index is 10.9. The largest absolute Gasteiger partial charge is 0.482 e. The van der Waals surface area contributed by atoms with Crippen molar-refractivity contribution >= 4 is 17.3 Å². The quantitative estimate of drug-likeness (QED) is 0.635. The number of nitro benzene ring substituents is 1. The Labute approximate surface area is 120 Å². The fourth-order valence-electron chi connectivity index (χ4n) is 1.59. The highest BCUT2D eigenvalue weighted by Crippen LogP contribution is 2.30. The van der Waals surface area contributed by atoms with Crippen molar-refractivity contribution in [2.45, 2.75) is 6.61 Å². The van der Waals surface area contributed by atoms with Gasteiger partial charge < -0.3 is 4.74 Å². The second-order valence-electron chi connectivity index (χ2n) is 3.97. The van der Waals surface area contributed by atoms with Gasteiger partial charge in [0.05, 0.1) is 16.6 Å². The Morgan fingerprint density at radius 3 is 2.55 bits per heavy atom. The van der Waals surface area contributed by atoms with E-state index in [-0.39, 0.29) is 18.0 Å². The minimum atomic E-state index is -0.523. The van der Waals surface area contributed by atoms with E-state index in [0.29, 0.717) is 10.6 Å². The molecule has 0 saturated heterocycles. The number of hydrogen-bond acceptors (Lipinski definition) is 4. The summed E-state index contributed by atoms with van der Waals surface area (Å²) in [5.74, 6) is 0.117. The monoisotopic (exact) mass is 288 g/mol. The molecule has 0 fully saturated rings. The van der Waals surface area contributed by atoms with Crippen LogP contribution in [0.15, 0.2) is 42.5 Å². The lowest BCUT2D eigenvalue weighted by Crippen LogP contribution is -1.99. The van der Waals surface area contributed by atoms with E-state index in [1.165, 1.54) is 18.2 Å².